The molecule has 0 unspecified atom stereocenters. The third-order valence-electron chi connectivity index (χ3n) is 3.46. The van der Waals surface area contributed by atoms with Crippen molar-refractivity contribution in [1.29, 1.82) is 0 Å². The van der Waals surface area contributed by atoms with E-state index in [0.29, 0.717) is 17.1 Å². The number of aromatic nitrogens is 1. The zero-order valence-electron chi connectivity index (χ0n) is 8.23. The van der Waals surface area contributed by atoms with Gasteiger partial charge in [-0.3, -0.25) is 0 Å². The topological polar surface area (TPSA) is 45.2 Å². The number of hydrogen-bond acceptors (Lipinski definition) is 3. The van der Waals surface area contributed by atoms with Gasteiger partial charge >= 0.3 is 0 Å². The summed E-state index contributed by atoms with van der Waals surface area (Å²) in [6.07, 6.45) is 1.71. The van der Waals surface area contributed by atoms with E-state index in [2.05, 4.69) is 10.3 Å². The molecule has 80 valence electrons. The van der Waals surface area contributed by atoms with Gasteiger partial charge in [0.15, 0.2) is 0 Å². The van der Waals surface area contributed by atoms with E-state index in [1.165, 1.54) is 0 Å². The van der Waals surface area contributed by atoms with Crippen LogP contribution in [0, 0.1) is 0 Å². The van der Waals surface area contributed by atoms with Gasteiger partial charge in [-0.25, -0.2) is 4.98 Å². The molecule has 3 nitrogen and oxygen atoms in total. The van der Waals surface area contributed by atoms with Gasteiger partial charge in [-0.2, -0.15) is 0 Å². The molecule has 2 aliphatic heterocycles. The van der Waals surface area contributed by atoms with Crippen molar-refractivity contribution in [2.75, 3.05) is 0 Å². The highest BCUT2D eigenvalue weighted by Gasteiger charge is 2.46. The summed E-state index contributed by atoms with van der Waals surface area (Å²) in [5.74, 6) is 0.317. The second-order valence-corrected chi connectivity index (χ2v) is 4.81. The molecule has 0 amide bonds. The zero-order chi connectivity index (χ0) is 10.4. The Hall–Kier alpha value is -0.640. The van der Waals surface area contributed by atoms with Crippen LogP contribution in [0.25, 0.3) is 0 Å². The van der Waals surface area contributed by atoms with Crippen LogP contribution in [0.5, 0.6) is 0 Å². The van der Waals surface area contributed by atoms with Crippen molar-refractivity contribution in [1.82, 2.24) is 10.3 Å². The molecule has 2 bridgehead atoms. The highest BCUT2D eigenvalue weighted by molar-refractivity contribution is 6.29. The van der Waals surface area contributed by atoms with Crippen LogP contribution in [0.4, 0.5) is 0 Å². The first kappa shape index (κ1) is 9.58. The SMILES string of the molecule is O[C@H]1C[C@@H]2C[C@@H](c3cccc(Cl)n3)[C@H]1N2. The number of pyridine rings is 1. The van der Waals surface area contributed by atoms with Crippen LogP contribution in [-0.4, -0.2) is 28.3 Å². The summed E-state index contributed by atoms with van der Waals surface area (Å²) in [6, 6.07) is 6.31. The van der Waals surface area contributed by atoms with E-state index < -0.39 is 0 Å². The van der Waals surface area contributed by atoms with Crippen LogP contribution in [0.15, 0.2) is 18.2 Å². The monoisotopic (exact) mass is 224 g/mol. The van der Waals surface area contributed by atoms with E-state index in [4.69, 9.17) is 11.6 Å². The van der Waals surface area contributed by atoms with Gasteiger partial charge in [0.25, 0.3) is 0 Å². The summed E-state index contributed by atoms with van der Waals surface area (Å²) in [5.41, 5.74) is 1.00. The average molecular weight is 225 g/mol. The van der Waals surface area contributed by atoms with Crippen molar-refractivity contribution < 1.29 is 5.11 Å². The van der Waals surface area contributed by atoms with Crippen molar-refractivity contribution in [3.8, 4) is 0 Å². The molecule has 0 radical (unpaired) electrons. The molecular weight excluding hydrogens is 212 g/mol. The second-order valence-electron chi connectivity index (χ2n) is 4.42. The first-order valence-electron chi connectivity index (χ1n) is 5.30. The minimum Gasteiger partial charge on any atom is -0.391 e. The van der Waals surface area contributed by atoms with E-state index >= 15 is 0 Å². The quantitative estimate of drug-likeness (QED) is 0.708. The number of aliphatic hydroxyl groups is 1. The maximum atomic E-state index is 9.80. The van der Waals surface area contributed by atoms with Crippen LogP contribution in [0.2, 0.25) is 5.15 Å². The van der Waals surface area contributed by atoms with Crippen LogP contribution in [0.1, 0.15) is 24.5 Å². The van der Waals surface area contributed by atoms with Gasteiger partial charge in [0.2, 0.25) is 0 Å². The zero-order valence-corrected chi connectivity index (χ0v) is 8.98. The minimum absolute atomic E-state index is 0.168. The predicted octanol–water partition coefficient (Wildman–Crippen LogP) is 1.31. The highest BCUT2D eigenvalue weighted by atomic mass is 35.5. The Balaban J connectivity index is 1.90. The number of fused-ring (bicyclic) bond motifs is 2. The predicted molar refractivity (Wildman–Crippen MR) is 57.9 cm³/mol. The molecule has 0 aliphatic carbocycles. The third kappa shape index (κ3) is 1.55. The van der Waals surface area contributed by atoms with Gasteiger partial charge in [0.1, 0.15) is 5.15 Å². The van der Waals surface area contributed by atoms with Crippen molar-refractivity contribution in [2.24, 2.45) is 0 Å². The Kier molecular flexibility index (Phi) is 2.20. The Bertz CT molecular complexity index is 385. The largest absolute Gasteiger partial charge is 0.391 e. The van der Waals surface area contributed by atoms with Crippen molar-refractivity contribution in [3.63, 3.8) is 0 Å². The van der Waals surface area contributed by atoms with Crippen LogP contribution in [0.3, 0.4) is 0 Å². The van der Waals surface area contributed by atoms with Crippen LogP contribution >= 0.6 is 11.6 Å². The van der Waals surface area contributed by atoms with Crippen LogP contribution < -0.4 is 5.32 Å². The first-order chi connectivity index (χ1) is 7.24. The maximum absolute atomic E-state index is 9.80. The number of halogens is 1. The average Bonchev–Trinajstić information content (AvgIpc) is 2.76. The summed E-state index contributed by atoms with van der Waals surface area (Å²) < 4.78 is 0. The lowest BCUT2D eigenvalue weighted by Gasteiger charge is -2.23. The van der Waals surface area contributed by atoms with E-state index in [1.54, 1.807) is 6.07 Å². The molecule has 1 aromatic rings. The van der Waals surface area contributed by atoms with E-state index in [1.807, 2.05) is 12.1 Å². The second kappa shape index (κ2) is 3.44. The molecule has 4 atom stereocenters. The minimum atomic E-state index is -0.227. The number of nitrogens with one attached hydrogen (secondary N) is 1. The fraction of sp³-hybridized carbons (Fsp3) is 0.545. The molecule has 2 saturated heterocycles. The van der Waals surface area contributed by atoms with Gasteiger partial charge in [0, 0.05) is 23.7 Å². The lowest BCUT2D eigenvalue weighted by atomic mass is 9.85. The van der Waals surface area contributed by atoms with Gasteiger partial charge < -0.3 is 10.4 Å². The lowest BCUT2D eigenvalue weighted by molar-refractivity contribution is 0.135. The van der Waals surface area contributed by atoms with E-state index in [9.17, 15) is 5.11 Å². The molecule has 2 N–H and O–H groups in total. The maximum Gasteiger partial charge on any atom is 0.129 e. The smallest absolute Gasteiger partial charge is 0.129 e. The summed E-state index contributed by atoms with van der Waals surface area (Å²) in [6.45, 7) is 0. The number of hydrogen-bond donors (Lipinski definition) is 2. The fourth-order valence-corrected chi connectivity index (χ4v) is 3.00. The standard InChI is InChI=1S/C11H13ClN2O/c12-10-3-1-2-8(14-10)7-4-6-5-9(15)11(7)13-6/h1-3,6-7,9,11,13,15H,4-5H2/t6-,7-,9-,11+/m0/s1. The summed E-state index contributed by atoms with van der Waals surface area (Å²) in [5, 5.41) is 13.7. The molecule has 0 aromatic carbocycles. The summed E-state index contributed by atoms with van der Waals surface area (Å²) >= 11 is 5.87. The summed E-state index contributed by atoms with van der Waals surface area (Å²) in [4.78, 5) is 4.32. The normalized spacial score (nSPS) is 38.5. The van der Waals surface area contributed by atoms with Crippen molar-refractivity contribution in [3.05, 3.63) is 29.0 Å². The lowest BCUT2D eigenvalue weighted by Crippen LogP contribution is -2.32. The molecule has 2 fully saturated rings. The summed E-state index contributed by atoms with van der Waals surface area (Å²) in [7, 11) is 0. The number of nitrogens with zero attached hydrogens (tertiary/aromatic N) is 1. The molecule has 2 aliphatic rings. The van der Waals surface area contributed by atoms with Gasteiger partial charge in [0.05, 0.1) is 6.10 Å². The molecule has 3 rings (SSSR count). The fourth-order valence-electron chi connectivity index (χ4n) is 2.83. The van der Waals surface area contributed by atoms with Gasteiger partial charge in [-0.15, -0.1) is 0 Å². The molecule has 3 heterocycles. The first-order valence-corrected chi connectivity index (χ1v) is 5.68. The molecule has 0 saturated carbocycles. The molecule has 0 spiro atoms. The van der Waals surface area contributed by atoms with Crippen molar-refractivity contribution in [2.45, 2.75) is 36.9 Å². The van der Waals surface area contributed by atoms with E-state index in [0.717, 1.165) is 18.5 Å². The Morgan fingerprint density at radius 3 is 2.93 bits per heavy atom. The molecule has 1 aromatic heterocycles. The van der Waals surface area contributed by atoms with E-state index in [-0.39, 0.29) is 12.1 Å². The third-order valence-corrected chi connectivity index (χ3v) is 3.67. The number of aliphatic hydroxyl groups excluding tert-OH is 1. The Morgan fingerprint density at radius 1 is 1.40 bits per heavy atom. The molecule has 4 heteroatoms. The van der Waals surface area contributed by atoms with Gasteiger partial charge in [-0.1, -0.05) is 17.7 Å². The molecular formula is C11H13ClN2O. The molecule has 15 heavy (non-hydrogen) atoms. The van der Waals surface area contributed by atoms with Crippen LogP contribution in [-0.2, 0) is 0 Å². The van der Waals surface area contributed by atoms with Gasteiger partial charge in [-0.05, 0) is 25.0 Å². The highest BCUT2D eigenvalue weighted by Crippen LogP contribution is 2.39. The Labute approximate surface area is 93.5 Å². The van der Waals surface area contributed by atoms with Crippen molar-refractivity contribution >= 4 is 11.6 Å². The number of rotatable bonds is 1. The Morgan fingerprint density at radius 2 is 2.27 bits per heavy atom.